The third kappa shape index (κ3) is 3.52. The van der Waals surface area contributed by atoms with Crippen LogP contribution >= 0.6 is 15.9 Å². The first-order valence-corrected chi connectivity index (χ1v) is 7.18. The van der Waals surface area contributed by atoms with Crippen LogP contribution in [0.25, 0.3) is 0 Å². The Morgan fingerprint density at radius 2 is 2.05 bits per heavy atom. The SMILES string of the molecule is CCOc1ccccc1CNc1ccc(Br)cc1C#N. The van der Waals surface area contributed by atoms with E-state index in [0.29, 0.717) is 18.7 Å². The summed E-state index contributed by atoms with van der Waals surface area (Å²) in [5.41, 5.74) is 2.51. The van der Waals surface area contributed by atoms with Gasteiger partial charge in [-0.05, 0) is 31.2 Å². The van der Waals surface area contributed by atoms with Crippen LogP contribution in [0.3, 0.4) is 0 Å². The molecule has 2 aromatic rings. The summed E-state index contributed by atoms with van der Waals surface area (Å²) < 4.78 is 6.49. The number of nitrogens with one attached hydrogen (secondary N) is 1. The Kier molecular flexibility index (Phi) is 5.03. The molecule has 102 valence electrons. The van der Waals surface area contributed by atoms with E-state index in [2.05, 4.69) is 27.3 Å². The van der Waals surface area contributed by atoms with Crippen LogP contribution < -0.4 is 10.1 Å². The lowest BCUT2D eigenvalue weighted by Gasteiger charge is -2.12. The molecule has 3 nitrogen and oxygen atoms in total. The molecule has 0 radical (unpaired) electrons. The second-order valence-corrected chi connectivity index (χ2v) is 5.11. The van der Waals surface area contributed by atoms with Gasteiger partial charge in [0.25, 0.3) is 0 Å². The van der Waals surface area contributed by atoms with E-state index in [1.54, 1.807) is 6.07 Å². The summed E-state index contributed by atoms with van der Waals surface area (Å²) in [7, 11) is 0. The van der Waals surface area contributed by atoms with E-state index < -0.39 is 0 Å². The van der Waals surface area contributed by atoms with Crippen LogP contribution in [0.15, 0.2) is 46.9 Å². The van der Waals surface area contributed by atoms with Gasteiger partial charge in [-0.3, -0.25) is 0 Å². The third-order valence-corrected chi connectivity index (χ3v) is 3.34. The molecule has 0 unspecified atom stereocenters. The number of anilines is 1. The average molecular weight is 331 g/mol. The van der Waals surface area contributed by atoms with E-state index in [4.69, 9.17) is 10.00 Å². The topological polar surface area (TPSA) is 45.0 Å². The van der Waals surface area contributed by atoms with Gasteiger partial charge in [0.1, 0.15) is 11.8 Å². The maximum atomic E-state index is 9.14. The van der Waals surface area contributed by atoms with E-state index in [-0.39, 0.29) is 0 Å². The maximum absolute atomic E-state index is 9.14. The lowest BCUT2D eigenvalue weighted by molar-refractivity contribution is 0.337. The first-order chi connectivity index (χ1) is 9.74. The van der Waals surface area contributed by atoms with Crippen molar-refractivity contribution in [3.8, 4) is 11.8 Å². The van der Waals surface area contributed by atoms with Gasteiger partial charge in [0.2, 0.25) is 0 Å². The zero-order valence-corrected chi connectivity index (χ0v) is 12.8. The van der Waals surface area contributed by atoms with E-state index >= 15 is 0 Å². The Hall–Kier alpha value is -1.99. The van der Waals surface area contributed by atoms with Gasteiger partial charge in [-0.15, -0.1) is 0 Å². The fraction of sp³-hybridized carbons (Fsp3) is 0.188. The fourth-order valence-electron chi connectivity index (χ4n) is 1.90. The lowest BCUT2D eigenvalue weighted by atomic mass is 10.1. The number of ether oxygens (including phenoxy) is 1. The molecule has 0 atom stereocenters. The Morgan fingerprint density at radius 3 is 2.80 bits per heavy atom. The van der Waals surface area contributed by atoms with Crippen LogP contribution in [0.2, 0.25) is 0 Å². The van der Waals surface area contributed by atoms with Crippen molar-refractivity contribution >= 4 is 21.6 Å². The van der Waals surface area contributed by atoms with Gasteiger partial charge in [0.15, 0.2) is 0 Å². The average Bonchev–Trinajstić information content (AvgIpc) is 2.47. The van der Waals surface area contributed by atoms with Crippen LogP contribution in [-0.4, -0.2) is 6.61 Å². The number of nitriles is 1. The molecule has 0 amide bonds. The van der Waals surface area contributed by atoms with Crippen molar-refractivity contribution < 1.29 is 4.74 Å². The van der Waals surface area contributed by atoms with Gasteiger partial charge in [0, 0.05) is 16.6 Å². The van der Waals surface area contributed by atoms with Gasteiger partial charge < -0.3 is 10.1 Å². The molecule has 0 spiro atoms. The van der Waals surface area contributed by atoms with Gasteiger partial charge in [-0.2, -0.15) is 5.26 Å². The number of rotatable bonds is 5. The molecule has 0 aliphatic heterocycles. The molecule has 0 aromatic heterocycles. The minimum atomic E-state index is 0.618. The lowest BCUT2D eigenvalue weighted by Crippen LogP contribution is -2.04. The third-order valence-electron chi connectivity index (χ3n) is 2.84. The molecule has 1 N–H and O–H groups in total. The van der Waals surface area contributed by atoms with Crippen LogP contribution in [-0.2, 0) is 6.54 Å². The minimum absolute atomic E-state index is 0.618. The smallest absolute Gasteiger partial charge is 0.124 e. The first kappa shape index (κ1) is 14.4. The van der Waals surface area contributed by atoms with Crippen molar-refractivity contribution in [3.63, 3.8) is 0 Å². The van der Waals surface area contributed by atoms with E-state index in [0.717, 1.165) is 21.5 Å². The number of para-hydroxylation sites is 1. The van der Waals surface area contributed by atoms with Crippen molar-refractivity contribution in [2.45, 2.75) is 13.5 Å². The van der Waals surface area contributed by atoms with Crippen molar-refractivity contribution in [3.05, 3.63) is 58.1 Å². The van der Waals surface area contributed by atoms with Crippen LogP contribution in [0.1, 0.15) is 18.1 Å². The highest BCUT2D eigenvalue weighted by Gasteiger charge is 2.05. The maximum Gasteiger partial charge on any atom is 0.124 e. The molecular weight excluding hydrogens is 316 g/mol. The molecule has 0 aliphatic rings. The highest BCUT2D eigenvalue weighted by Crippen LogP contribution is 2.23. The Bertz CT molecular complexity index is 635. The summed E-state index contributed by atoms with van der Waals surface area (Å²) in [5, 5.41) is 12.4. The summed E-state index contributed by atoms with van der Waals surface area (Å²) in [6.45, 7) is 3.22. The van der Waals surface area contributed by atoms with Crippen LogP contribution in [0, 0.1) is 11.3 Å². The van der Waals surface area contributed by atoms with Crippen molar-refractivity contribution in [1.82, 2.24) is 0 Å². The summed E-state index contributed by atoms with van der Waals surface area (Å²) in [5.74, 6) is 0.873. The van der Waals surface area contributed by atoms with Gasteiger partial charge in [-0.25, -0.2) is 0 Å². The minimum Gasteiger partial charge on any atom is -0.494 e. The molecule has 0 saturated carbocycles. The molecule has 0 heterocycles. The first-order valence-electron chi connectivity index (χ1n) is 6.38. The van der Waals surface area contributed by atoms with Gasteiger partial charge in [0.05, 0.1) is 17.9 Å². The summed E-state index contributed by atoms with van der Waals surface area (Å²) in [6.07, 6.45) is 0. The van der Waals surface area contributed by atoms with Crippen LogP contribution in [0.5, 0.6) is 5.75 Å². The summed E-state index contributed by atoms with van der Waals surface area (Å²) in [4.78, 5) is 0. The van der Waals surface area contributed by atoms with Gasteiger partial charge >= 0.3 is 0 Å². The molecule has 2 rings (SSSR count). The zero-order valence-electron chi connectivity index (χ0n) is 11.2. The molecule has 0 fully saturated rings. The summed E-state index contributed by atoms with van der Waals surface area (Å²) >= 11 is 3.37. The molecule has 0 bridgehead atoms. The van der Waals surface area contributed by atoms with Crippen molar-refractivity contribution in [2.75, 3.05) is 11.9 Å². The number of halogens is 1. The number of nitrogens with zero attached hydrogens (tertiary/aromatic N) is 1. The van der Waals surface area contributed by atoms with Crippen LogP contribution in [0.4, 0.5) is 5.69 Å². The molecule has 4 heteroatoms. The van der Waals surface area contributed by atoms with E-state index in [9.17, 15) is 0 Å². The Balaban J connectivity index is 2.15. The summed E-state index contributed by atoms with van der Waals surface area (Å²) in [6, 6.07) is 15.7. The number of hydrogen-bond acceptors (Lipinski definition) is 3. The molecular formula is C16H15BrN2O. The normalized spacial score (nSPS) is 9.85. The quantitative estimate of drug-likeness (QED) is 0.887. The molecule has 20 heavy (non-hydrogen) atoms. The van der Waals surface area contributed by atoms with E-state index in [1.807, 2.05) is 43.3 Å². The molecule has 0 saturated heterocycles. The van der Waals surface area contributed by atoms with Crippen molar-refractivity contribution in [2.24, 2.45) is 0 Å². The second kappa shape index (κ2) is 6.97. The monoisotopic (exact) mass is 330 g/mol. The Morgan fingerprint density at radius 1 is 1.25 bits per heavy atom. The van der Waals surface area contributed by atoms with E-state index in [1.165, 1.54) is 0 Å². The Labute approximate surface area is 127 Å². The highest BCUT2D eigenvalue weighted by molar-refractivity contribution is 9.10. The number of benzene rings is 2. The van der Waals surface area contributed by atoms with Gasteiger partial charge in [-0.1, -0.05) is 34.1 Å². The van der Waals surface area contributed by atoms with Crippen molar-refractivity contribution in [1.29, 1.82) is 5.26 Å². The largest absolute Gasteiger partial charge is 0.494 e. The second-order valence-electron chi connectivity index (χ2n) is 4.20. The predicted octanol–water partition coefficient (Wildman–Crippen LogP) is 4.33. The molecule has 2 aromatic carbocycles. The zero-order chi connectivity index (χ0) is 14.4. The number of hydrogen-bond donors (Lipinski definition) is 1. The molecule has 0 aliphatic carbocycles. The standard InChI is InChI=1S/C16H15BrN2O/c1-2-20-16-6-4-3-5-12(16)11-19-15-8-7-14(17)9-13(15)10-18/h3-9,19H,2,11H2,1H3. The fourth-order valence-corrected chi connectivity index (χ4v) is 2.26. The highest BCUT2D eigenvalue weighted by atomic mass is 79.9. The predicted molar refractivity (Wildman–Crippen MR) is 83.8 cm³/mol.